The van der Waals surface area contributed by atoms with Crippen LogP contribution in [0.3, 0.4) is 0 Å². The van der Waals surface area contributed by atoms with Crippen molar-refractivity contribution >= 4 is 38.9 Å². The fourth-order valence-electron chi connectivity index (χ4n) is 1.93. The predicted molar refractivity (Wildman–Crippen MR) is 87.9 cm³/mol. The van der Waals surface area contributed by atoms with E-state index in [1.165, 1.54) is 6.07 Å². The normalized spacial score (nSPS) is 11.5. The van der Waals surface area contributed by atoms with Crippen molar-refractivity contribution < 1.29 is 8.42 Å². The fraction of sp³-hybridized carbons (Fsp3) is 0.200. The van der Waals surface area contributed by atoms with Gasteiger partial charge in [0.15, 0.2) is 0 Å². The Morgan fingerprint density at radius 2 is 1.48 bits per heavy atom. The van der Waals surface area contributed by atoms with E-state index in [1.807, 2.05) is 19.9 Å². The molecule has 0 aliphatic heterocycles. The lowest BCUT2D eigenvalue weighted by atomic mass is 10.1. The maximum absolute atomic E-state index is 12.5. The van der Waals surface area contributed by atoms with Crippen LogP contribution in [0.2, 0.25) is 10.0 Å². The Morgan fingerprint density at radius 1 is 0.857 bits per heavy atom. The maximum atomic E-state index is 12.5. The minimum absolute atomic E-state index is 0.120. The molecule has 0 unspecified atom stereocenters. The van der Waals surface area contributed by atoms with Crippen LogP contribution in [0, 0.1) is 20.8 Å². The van der Waals surface area contributed by atoms with Gasteiger partial charge < -0.3 is 0 Å². The van der Waals surface area contributed by atoms with Crippen LogP contribution in [0.25, 0.3) is 0 Å². The van der Waals surface area contributed by atoms with Gasteiger partial charge in [-0.1, -0.05) is 29.3 Å². The van der Waals surface area contributed by atoms with E-state index in [4.69, 9.17) is 23.2 Å². The third kappa shape index (κ3) is 3.51. The van der Waals surface area contributed by atoms with Crippen molar-refractivity contribution in [2.75, 3.05) is 4.72 Å². The molecule has 0 aromatic heterocycles. The highest BCUT2D eigenvalue weighted by Gasteiger charge is 2.19. The van der Waals surface area contributed by atoms with Gasteiger partial charge in [0.2, 0.25) is 0 Å². The van der Waals surface area contributed by atoms with Gasteiger partial charge in [-0.2, -0.15) is 0 Å². The molecular weight excluding hydrogens is 329 g/mol. The summed E-state index contributed by atoms with van der Waals surface area (Å²) < 4.78 is 27.5. The van der Waals surface area contributed by atoms with E-state index >= 15 is 0 Å². The molecule has 0 amide bonds. The van der Waals surface area contributed by atoms with Crippen molar-refractivity contribution in [3.05, 3.63) is 57.1 Å². The van der Waals surface area contributed by atoms with Gasteiger partial charge in [-0.15, -0.1) is 0 Å². The largest absolute Gasteiger partial charge is 0.280 e. The molecule has 0 spiro atoms. The molecule has 3 nitrogen and oxygen atoms in total. The van der Waals surface area contributed by atoms with E-state index in [9.17, 15) is 8.42 Å². The van der Waals surface area contributed by atoms with E-state index in [2.05, 4.69) is 4.72 Å². The number of rotatable bonds is 3. The molecule has 0 saturated heterocycles. The Kier molecular flexibility index (Phi) is 4.51. The summed E-state index contributed by atoms with van der Waals surface area (Å²) in [6, 6.07) is 8.29. The van der Waals surface area contributed by atoms with Gasteiger partial charge in [0, 0.05) is 5.69 Å². The van der Waals surface area contributed by atoms with Crippen molar-refractivity contribution in [1.29, 1.82) is 0 Å². The van der Waals surface area contributed by atoms with Gasteiger partial charge in [0.25, 0.3) is 10.0 Å². The molecule has 0 bridgehead atoms. The molecule has 2 aromatic rings. The standard InChI is InChI=1S/C15H15Cl2NO2S/c1-9-4-5-12(6-10(9)2)18-21(19,20)15-8-14(17)13(16)7-11(15)3/h4-8,18H,1-3H3. The van der Waals surface area contributed by atoms with Crippen molar-refractivity contribution in [2.24, 2.45) is 0 Å². The summed E-state index contributed by atoms with van der Waals surface area (Å²) in [6.45, 7) is 5.57. The number of halogens is 2. The quantitative estimate of drug-likeness (QED) is 0.876. The highest BCUT2D eigenvalue weighted by atomic mass is 35.5. The summed E-state index contributed by atoms with van der Waals surface area (Å²) in [5, 5.41) is 0.544. The molecule has 0 fully saturated rings. The SMILES string of the molecule is Cc1ccc(NS(=O)(=O)c2cc(Cl)c(Cl)cc2C)cc1C. The summed E-state index contributed by atoms with van der Waals surface area (Å²) in [4.78, 5) is 0.120. The first kappa shape index (κ1) is 16.1. The number of anilines is 1. The van der Waals surface area contributed by atoms with Crippen LogP contribution < -0.4 is 4.72 Å². The molecule has 112 valence electrons. The van der Waals surface area contributed by atoms with Crippen LogP contribution in [0.5, 0.6) is 0 Å². The monoisotopic (exact) mass is 343 g/mol. The molecule has 0 aliphatic carbocycles. The molecule has 1 N–H and O–H groups in total. The Labute approximate surface area is 135 Å². The van der Waals surface area contributed by atoms with Crippen molar-refractivity contribution in [3.8, 4) is 0 Å². The number of sulfonamides is 1. The Bertz CT molecular complexity index is 802. The third-order valence-corrected chi connectivity index (χ3v) is 5.51. The molecule has 0 atom stereocenters. The number of hydrogen-bond acceptors (Lipinski definition) is 2. The average Bonchev–Trinajstić information content (AvgIpc) is 2.37. The first-order chi connectivity index (χ1) is 9.70. The first-order valence-corrected chi connectivity index (χ1v) is 8.50. The minimum Gasteiger partial charge on any atom is -0.280 e. The molecule has 0 saturated carbocycles. The van der Waals surface area contributed by atoms with E-state index in [-0.39, 0.29) is 9.92 Å². The summed E-state index contributed by atoms with van der Waals surface area (Å²) in [6.07, 6.45) is 0. The molecular formula is C15H15Cl2NO2S. The van der Waals surface area contributed by atoms with E-state index in [0.29, 0.717) is 16.3 Å². The first-order valence-electron chi connectivity index (χ1n) is 6.26. The zero-order valence-electron chi connectivity index (χ0n) is 11.9. The number of nitrogens with one attached hydrogen (secondary N) is 1. The van der Waals surface area contributed by atoms with Crippen molar-refractivity contribution in [3.63, 3.8) is 0 Å². The third-order valence-electron chi connectivity index (χ3n) is 3.27. The van der Waals surface area contributed by atoms with Gasteiger partial charge >= 0.3 is 0 Å². The second kappa shape index (κ2) is 5.87. The summed E-state index contributed by atoms with van der Waals surface area (Å²) in [5.41, 5.74) is 3.18. The van der Waals surface area contributed by atoms with Crippen LogP contribution in [0.4, 0.5) is 5.69 Å². The molecule has 21 heavy (non-hydrogen) atoms. The molecule has 2 aromatic carbocycles. The van der Waals surface area contributed by atoms with Gasteiger partial charge in [0.05, 0.1) is 14.9 Å². The second-order valence-corrected chi connectivity index (χ2v) is 7.40. The lowest BCUT2D eigenvalue weighted by molar-refractivity contribution is 0.600. The smallest absolute Gasteiger partial charge is 0.262 e. The van der Waals surface area contributed by atoms with Gasteiger partial charge in [0.1, 0.15) is 0 Å². The number of aryl methyl sites for hydroxylation is 3. The van der Waals surface area contributed by atoms with Gasteiger partial charge in [-0.3, -0.25) is 4.72 Å². The number of benzene rings is 2. The summed E-state index contributed by atoms with van der Waals surface area (Å²) in [7, 11) is -3.71. The highest BCUT2D eigenvalue weighted by Crippen LogP contribution is 2.29. The zero-order chi connectivity index (χ0) is 15.8. The van der Waals surface area contributed by atoms with Crippen LogP contribution in [0.15, 0.2) is 35.2 Å². The predicted octanol–water partition coefficient (Wildman–Crippen LogP) is 4.72. The molecule has 0 aliphatic rings. The van der Waals surface area contributed by atoms with Crippen LogP contribution in [-0.4, -0.2) is 8.42 Å². The van der Waals surface area contributed by atoms with Crippen molar-refractivity contribution in [1.82, 2.24) is 0 Å². The molecule has 2 rings (SSSR count). The Balaban J connectivity index is 2.43. The Morgan fingerprint density at radius 3 is 2.10 bits per heavy atom. The minimum atomic E-state index is -3.71. The zero-order valence-corrected chi connectivity index (χ0v) is 14.2. The number of hydrogen-bond donors (Lipinski definition) is 1. The van der Waals surface area contributed by atoms with E-state index in [0.717, 1.165) is 11.1 Å². The second-order valence-electron chi connectivity index (χ2n) is 4.94. The topological polar surface area (TPSA) is 46.2 Å². The lowest BCUT2D eigenvalue weighted by Crippen LogP contribution is -2.14. The van der Waals surface area contributed by atoms with Crippen LogP contribution in [0.1, 0.15) is 16.7 Å². The molecule has 0 radical (unpaired) electrons. The van der Waals surface area contributed by atoms with Crippen molar-refractivity contribution in [2.45, 2.75) is 25.7 Å². The van der Waals surface area contributed by atoms with Crippen LogP contribution in [-0.2, 0) is 10.0 Å². The fourth-order valence-corrected chi connectivity index (χ4v) is 3.68. The molecule has 0 heterocycles. The van der Waals surface area contributed by atoms with E-state index < -0.39 is 10.0 Å². The highest BCUT2D eigenvalue weighted by molar-refractivity contribution is 7.92. The average molecular weight is 344 g/mol. The summed E-state index contributed by atoms with van der Waals surface area (Å²) in [5.74, 6) is 0. The van der Waals surface area contributed by atoms with Gasteiger partial charge in [-0.05, 0) is 61.7 Å². The summed E-state index contributed by atoms with van der Waals surface area (Å²) >= 11 is 11.8. The Hall–Kier alpha value is -1.23. The van der Waals surface area contributed by atoms with Crippen LogP contribution >= 0.6 is 23.2 Å². The van der Waals surface area contributed by atoms with Gasteiger partial charge in [-0.25, -0.2) is 8.42 Å². The maximum Gasteiger partial charge on any atom is 0.262 e. The molecule has 6 heteroatoms. The lowest BCUT2D eigenvalue weighted by Gasteiger charge is -2.12. The van der Waals surface area contributed by atoms with E-state index in [1.54, 1.807) is 25.1 Å².